The molecule has 1 aromatic carbocycles. The number of phenols is 1. The summed E-state index contributed by atoms with van der Waals surface area (Å²) in [6, 6.07) is 1.77. The van der Waals surface area contributed by atoms with E-state index in [2.05, 4.69) is 20.8 Å². The van der Waals surface area contributed by atoms with Crippen molar-refractivity contribution in [3.8, 4) is 5.75 Å². The molecule has 1 N–H and O–H groups in total. The van der Waals surface area contributed by atoms with Crippen LogP contribution in [0, 0.1) is 10.1 Å². The van der Waals surface area contributed by atoms with Gasteiger partial charge in [0.15, 0.2) is 5.78 Å². The summed E-state index contributed by atoms with van der Waals surface area (Å²) in [5.41, 5.74) is -0.155. The van der Waals surface area contributed by atoms with Gasteiger partial charge in [0, 0.05) is 11.3 Å². The number of ketones is 1. The minimum Gasteiger partial charge on any atom is -0.502 e. The molecule has 200 valence electrons. The Labute approximate surface area is 221 Å². The van der Waals surface area contributed by atoms with Crippen LogP contribution in [0.25, 0.3) is 0 Å². The third-order valence-corrected chi connectivity index (χ3v) is 8.42. The first-order chi connectivity index (χ1) is 17.0. The number of nitro benzene ring substituents is 1. The molecule has 5 nitrogen and oxygen atoms in total. The highest BCUT2D eigenvalue weighted by Gasteiger charge is 2.29. The lowest BCUT2D eigenvalue weighted by Gasteiger charge is -2.14. The maximum atomic E-state index is 13.1. The average Bonchev–Trinajstić information content (AvgIpc) is 2.82. The van der Waals surface area contributed by atoms with Crippen molar-refractivity contribution in [1.29, 1.82) is 0 Å². The van der Waals surface area contributed by atoms with Crippen LogP contribution in [-0.2, 0) is 0 Å². The Morgan fingerprint density at radius 2 is 1.23 bits per heavy atom. The van der Waals surface area contributed by atoms with Crippen LogP contribution >= 0.6 is 23.5 Å². The summed E-state index contributed by atoms with van der Waals surface area (Å²) in [6.07, 6.45) is 17.5. The Balaban J connectivity index is 2.74. The summed E-state index contributed by atoms with van der Waals surface area (Å²) in [7, 11) is 0. The van der Waals surface area contributed by atoms with Gasteiger partial charge in [-0.15, -0.1) is 23.5 Å². The predicted octanol–water partition coefficient (Wildman–Crippen LogP) is 9.97. The fourth-order valence-electron chi connectivity index (χ4n) is 4.01. The zero-order valence-electron chi connectivity index (χ0n) is 22.2. The highest BCUT2D eigenvalue weighted by Crippen LogP contribution is 2.45. The summed E-state index contributed by atoms with van der Waals surface area (Å²) >= 11 is 2.93. The number of Topliss-reactive ketones (excluding diaryl/α,β-unsaturated/α-hetero) is 1. The lowest BCUT2D eigenvalue weighted by atomic mass is 10.0. The standard InChI is InChI=1S/C28H47NO4S2/c1-4-7-10-11-12-13-14-15-16-17-18-19-23(30)26-24(34-20-8-5-2)22-25(35-21-9-6-3)27(28(26)31)29(32)33/h22,31H,4-21H2,1-3H3. The van der Waals surface area contributed by atoms with Crippen molar-refractivity contribution in [2.24, 2.45) is 0 Å². The molecule has 0 spiro atoms. The Morgan fingerprint density at radius 1 is 0.771 bits per heavy atom. The Bertz CT molecular complexity index is 755. The number of thioether (sulfide) groups is 2. The van der Waals surface area contributed by atoms with Crippen LogP contribution in [-0.4, -0.2) is 27.3 Å². The van der Waals surface area contributed by atoms with E-state index in [9.17, 15) is 20.0 Å². The third kappa shape index (κ3) is 12.5. The van der Waals surface area contributed by atoms with E-state index < -0.39 is 10.7 Å². The van der Waals surface area contributed by atoms with Gasteiger partial charge in [0.1, 0.15) is 0 Å². The van der Waals surface area contributed by atoms with Crippen LogP contribution in [0.2, 0.25) is 0 Å². The number of nitro groups is 1. The second-order valence-electron chi connectivity index (χ2n) is 9.31. The van der Waals surface area contributed by atoms with E-state index >= 15 is 0 Å². The molecular formula is C28H47NO4S2. The number of benzene rings is 1. The SMILES string of the molecule is CCCCCCCCCCCCCC(=O)c1c(SCCCC)cc(SCCCC)c([N+](=O)[O-])c1O. The number of unbranched alkanes of at least 4 members (excludes halogenated alkanes) is 12. The lowest BCUT2D eigenvalue weighted by molar-refractivity contribution is -0.388. The molecule has 0 aliphatic carbocycles. The van der Waals surface area contributed by atoms with E-state index in [1.54, 1.807) is 6.07 Å². The van der Waals surface area contributed by atoms with Gasteiger partial charge in [0.2, 0.25) is 5.75 Å². The summed E-state index contributed by atoms with van der Waals surface area (Å²) < 4.78 is 0. The highest BCUT2D eigenvalue weighted by atomic mass is 32.2. The van der Waals surface area contributed by atoms with Crippen molar-refractivity contribution >= 4 is 35.0 Å². The van der Waals surface area contributed by atoms with Crippen molar-refractivity contribution in [2.75, 3.05) is 11.5 Å². The second-order valence-corrected chi connectivity index (χ2v) is 11.6. The maximum Gasteiger partial charge on any atom is 0.324 e. The molecule has 0 bridgehead atoms. The number of rotatable bonds is 22. The molecule has 0 saturated carbocycles. The van der Waals surface area contributed by atoms with Crippen LogP contribution in [0.1, 0.15) is 134 Å². The van der Waals surface area contributed by atoms with Gasteiger partial charge < -0.3 is 5.11 Å². The normalized spacial score (nSPS) is 11.2. The smallest absolute Gasteiger partial charge is 0.324 e. The fourth-order valence-corrected chi connectivity index (χ4v) is 6.45. The van der Waals surface area contributed by atoms with Crippen molar-refractivity contribution < 1.29 is 14.8 Å². The molecule has 0 aliphatic rings. The summed E-state index contributed by atoms with van der Waals surface area (Å²) in [5.74, 6) is 0.960. The molecule has 0 saturated heterocycles. The first kappa shape index (κ1) is 31.8. The van der Waals surface area contributed by atoms with Crippen molar-refractivity contribution in [3.05, 3.63) is 21.7 Å². The molecule has 0 unspecified atom stereocenters. The molecule has 0 radical (unpaired) electrons. The summed E-state index contributed by atoms with van der Waals surface area (Å²) in [6.45, 7) is 6.43. The van der Waals surface area contributed by atoms with Gasteiger partial charge in [0.25, 0.3) is 0 Å². The second kappa shape index (κ2) is 19.9. The quantitative estimate of drug-likeness (QED) is 0.0533. The summed E-state index contributed by atoms with van der Waals surface area (Å²) in [5, 5.41) is 22.7. The molecule has 1 aromatic rings. The number of aromatic hydroxyl groups is 1. The van der Waals surface area contributed by atoms with E-state index in [4.69, 9.17) is 0 Å². The Kier molecular flexibility index (Phi) is 18.1. The van der Waals surface area contributed by atoms with E-state index in [0.29, 0.717) is 16.2 Å². The van der Waals surface area contributed by atoms with E-state index in [1.807, 2.05) is 0 Å². The van der Waals surface area contributed by atoms with E-state index in [-0.39, 0.29) is 17.0 Å². The maximum absolute atomic E-state index is 13.1. The van der Waals surface area contributed by atoms with Gasteiger partial charge in [-0.25, -0.2) is 0 Å². The first-order valence-electron chi connectivity index (χ1n) is 13.8. The third-order valence-electron chi connectivity index (χ3n) is 6.18. The monoisotopic (exact) mass is 525 g/mol. The van der Waals surface area contributed by atoms with Crippen molar-refractivity contribution in [1.82, 2.24) is 0 Å². The molecule has 0 heterocycles. The number of carbonyl (C=O) groups is 1. The number of carbonyl (C=O) groups excluding carboxylic acids is 1. The number of hydrogen-bond donors (Lipinski definition) is 1. The van der Waals surface area contributed by atoms with Crippen molar-refractivity contribution in [2.45, 2.75) is 133 Å². The topological polar surface area (TPSA) is 80.4 Å². The molecule has 0 amide bonds. The molecule has 0 atom stereocenters. The van der Waals surface area contributed by atoms with E-state index in [1.165, 1.54) is 74.9 Å². The van der Waals surface area contributed by atoms with Gasteiger partial charge in [0.05, 0.1) is 15.4 Å². The zero-order valence-corrected chi connectivity index (χ0v) is 23.9. The lowest BCUT2D eigenvalue weighted by Crippen LogP contribution is -2.05. The van der Waals surface area contributed by atoms with Crippen LogP contribution in [0.15, 0.2) is 15.9 Å². The molecule has 0 aromatic heterocycles. The zero-order chi connectivity index (χ0) is 25.9. The number of phenolic OH excluding ortho intramolecular Hbond substituents is 1. The van der Waals surface area contributed by atoms with Crippen LogP contribution in [0.5, 0.6) is 5.75 Å². The predicted molar refractivity (Wildman–Crippen MR) is 151 cm³/mol. The van der Waals surface area contributed by atoms with Crippen molar-refractivity contribution in [3.63, 3.8) is 0 Å². The van der Waals surface area contributed by atoms with E-state index in [0.717, 1.165) is 56.5 Å². The highest BCUT2D eigenvalue weighted by molar-refractivity contribution is 8.00. The number of nitrogens with zero attached hydrogens (tertiary/aromatic N) is 1. The average molecular weight is 526 g/mol. The van der Waals surface area contributed by atoms with Gasteiger partial charge in [-0.2, -0.15) is 0 Å². The van der Waals surface area contributed by atoms with Gasteiger partial charge >= 0.3 is 5.69 Å². The Hall–Kier alpha value is -1.21. The minimum absolute atomic E-state index is 0.157. The number of hydrogen-bond acceptors (Lipinski definition) is 6. The molecule has 0 fully saturated rings. The molecule has 0 aliphatic heterocycles. The van der Waals surface area contributed by atoms with Crippen LogP contribution in [0.4, 0.5) is 5.69 Å². The van der Waals surface area contributed by atoms with Crippen LogP contribution in [0.3, 0.4) is 0 Å². The van der Waals surface area contributed by atoms with Gasteiger partial charge in [-0.1, -0.05) is 97.8 Å². The van der Waals surface area contributed by atoms with Gasteiger partial charge in [-0.05, 0) is 36.8 Å². The summed E-state index contributed by atoms with van der Waals surface area (Å²) in [4.78, 5) is 25.5. The Morgan fingerprint density at radius 3 is 1.71 bits per heavy atom. The van der Waals surface area contributed by atoms with Gasteiger partial charge in [-0.3, -0.25) is 14.9 Å². The minimum atomic E-state index is -0.539. The molecule has 35 heavy (non-hydrogen) atoms. The molecule has 1 rings (SSSR count). The van der Waals surface area contributed by atoms with Crippen LogP contribution < -0.4 is 0 Å². The largest absolute Gasteiger partial charge is 0.502 e. The first-order valence-corrected chi connectivity index (χ1v) is 15.8. The fraction of sp³-hybridized carbons (Fsp3) is 0.750. The molecule has 7 heteroatoms. The molecular weight excluding hydrogens is 478 g/mol.